The number of carbonyl (C=O) groups is 2. The van der Waals surface area contributed by atoms with Crippen molar-refractivity contribution < 1.29 is 9.59 Å². The van der Waals surface area contributed by atoms with Gasteiger partial charge < -0.3 is 10.2 Å². The van der Waals surface area contributed by atoms with Crippen molar-refractivity contribution in [3.05, 3.63) is 23.8 Å². The Morgan fingerprint density at radius 3 is 2.74 bits per heavy atom. The first kappa shape index (κ1) is 14.7. The van der Waals surface area contributed by atoms with Crippen molar-refractivity contribution in [1.29, 1.82) is 5.26 Å². The lowest BCUT2D eigenvalue weighted by molar-refractivity contribution is -0.114. The molecule has 5 heteroatoms. The number of nitriles is 1. The first-order valence-corrected chi connectivity index (χ1v) is 6.06. The van der Waals surface area contributed by atoms with Gasteiger partial charge in [-0.15, -0.1) is 0 Å². The molecule has 1 aromatic rings. The third-order valence-corrected chi connectivity index (χ3v) is 2.80. The highest BCUT2D eigenvalue weighted by Gasteiger charge is 2.14. The lowest BCUT2D eigenvalue weighted by atomic mass is 10.1. The summed E-state index contributed by atoms with van der Waals surface area (Å²) < 4.78 is 0. The van der Waals surface area contributed by atoms with Gasteiger partial charge in [-0.2, -0.15) is 5.26 Å². The number of nitrogens with one attached hydrogen (secondary N) is 1. The van der Waals surface area contributed by atoms with E-state index in [9.17, 15) is 9.59 Å². The molecule has 0 saturated carbocycles. The summed E-state index contributed by atoms with van der Waals surface area (Å²) in [4.78, 5) is 24.0. The van der Waals surface area contributed by atoms with Gasteiger partial charge in [0.15, 0.2) is 6.29 Å². The summed E-state index contributed by atoms with van der Waals surface area (Å²) in [6.45, 7) is 5.79. The van der Waals surface area contributed by atoms with E-state index in [4.69, 9.17) is 5.26 Å². The third kappa shape index (κ3) is 3.55. The molecule has 19 heavy (non-hydrogen) atoms. The summed E-state index contributed by atoms with van der Waals surface area (Å²) >= 11 is 0. The third-order valence-electron chi connectivity index (χ3n) is 2.80. The highest BCUT2D eigenvalue weighted by Crippen LogP contribution is 2.24. The molecule has 0 saturated heterocycles. The van der Waals surface area contributed by atoms with Crippen LogP contribution in [0.3, 0.4) is 0 Å². The Kier molecular flexibility index (Phi) is 5.07. The second kappa shape index (κ2) is 6.55. The largest absolute Gasteiger partial charge is 0.356 e. The second-order valence-corrected chi connectivity index (χ2v) is 4.16. The number of aldehydes is 1. The zero-order valence-corrected chi connectivity index (χ0v) is 11.3. The van der Waals surface area contributed by atoms with Gasteiger partial charge in [-0.05, 0) is 32.0 Å². The van der Waals surface area contributed by atoms with Crippen molar-refractivity contribution >= 4 is 23.6 Å². The minimum absolute atomic E-state index is 0.239. The van der Waals surface area contributed by atoms with Crippen LogP contribution in [0.1, 0.15) is 31.1 Å². The van der Waals surface area contributed by atoms with E-state index < -0.39 is 0 Å². The summed E-state index contributed by atoms with van der Waals surface area (Å²) in [5.74, 6) is -0.239. The number of anilines is 2. The fourth-order valence-electron chi connectivity index (χ4n) is 1.87. The van der Waals surface area contributed by atoms with Crippen molar-refractivity contribution in [3.63, 3.8) is 0 Å². The summed E-state index contributed by atoms with van der Waals surface area (Å²) in [5, 5.41) is 11.6. The molecule has 0 aliphatic rings. The SMILES string of the molecule is CCN(c1ccc(C=O)c(NC(C)=O)c1)C(C)C#N. The van der Waals surface area contributed by atoms with Crippen LogP contribution in [-0.2, 0) is 4.79 Å². The topological polar surface area (TPSA) is 73.2 Å². The van der Waals surface area contributed by atoms with Crippen molar-refractivity contribution in [2.45, 2.75) is 26.8 Å². The van der Waals surface area contributed by atoms with E-state index in [1.54, 1.807) is 25.1 Å². The molecule has 0 heterocycles. The highest BCUT2D eigenvalue weighted by molar-refractivity contribution is 5.96. The quantitative estimate of drug-likeness (QED) is 0.823. The lowest BCUT2D eigenvalue weighted by Crippen LogP contribution is -2.31. The Bertz CT molecular complexity index is 520. The average molecular weight is 259 g/mol. The molecule has 5 nitrogen and oxygen atoms in total. The predicted molar refractivity (Wildman–Crippen MR) is 74.2 cm³/mol. The first-order valence-electron chi connectivity index (χ1n) is 6.06. The summed E-state index contributed by atoms with van der Waals surface area (Å²) in [7, 11) is 0. The molecule has 100 valence electrons. The molecule has 0 radical (unpaired) electrons. The Labute approximate surface area is 112 Å². The first-order chi connectivity index (χ1) is 9.03. The van der Waals surface area contributed by atoms with E-state index >= 15 is 0 Å². The van der Waals surface area contributed by atoms with Crippen LogP contribution in [0.5, 0.6) is 0 Å². The van der Waals surface area contributed by atoms with Gasteiger partial charge in [-0.25, -0.2) is 0 Å². The Hall–Kier alpha value is -2.35. The maximum absolute atomic E-state index is 11.1. The fraction of sp³-hybridized carbons (Fsp3) is 0.357. The van der Waals surface area contributed by atoms with Crippen LogP contribution < -0.4 is 10.2 Å². The van der Waals surface area contributed by atoms with Crippen LogP contribution in [0.4, 0.5) is 11.4 Å². The van der Waals surface area contributed by atoms with Gasteiger partial charge in [0.05, 0.1) is 11.8 Å². The van der Waals surface area contributed by atoms with E-state index in [0.717, 1.165) is 5.69 Å². The number of nitrogens with zero attached hydrogens (tertiary/aromatic N) is 2. The maximum Gasteiger partial charge on any atom is 0.221 e. The van der Waals surface area contributed by atoms with Crippen LogP contribution in [0.2, 0.25) is 0 Å². The minimum atomic E-state index is -0.280. The molecule has 0 fully saturated rings. The Balaban J connectivity index is 3.19. The van der Waals surface area contributed by atoms with E-state index in [2.05, 4.69) is 11.4 Å². The molecule has 1 atom stereocenters. The van der Waals surface area contributed by atoms with Crippen LogP contribution >= 0.6 is 0 Å². The normalized spacial score (nSPS) is 11.3. The van der Waals surface area contributed by atoms with Crippen LogP contribution in [0, 0.1) is 11.3 Å². The number of hydrogen-bond donors (Lipinski definition) is 1. The van der Waals surface area contributed by atoms with Gasteiger partial charge in [0, 0.05) is 24.7 Å². The monoisotopic (exact) mass is 259 g/mol. The van der Waals surface area contributed by atoms with E-state index in [1.807, 2.05) is 11.8 Å². The van der Waals surface area contributed by atoms with E-state index in [0.29, 0.717) is 24.1 Å². The summed E-state index contributed by atoms with van der Waals surface area (Å²) in [5.41, 5.74) is 1.68. The average Bonchev–Trinajstić information content (AvgIpc) is 2.39. The van der Waals surface area contributed by atoms with Gasteiger partial charge in [-0.1, -0.05) is 0 Å². The molecule has 0 aliphatic heterocycles. The second-order valence-electron chi connectivity index (χ2n) is 4.16. The lowest BCUT2D eigenvalue weighted by Gasteiger charge is -2.26. The minimum Gasteiger partial charge on any atom is -0.356 e. The number of benzene rings is 1. The highest BCUT2D eigenvalue weighted by atomic mass is 16.1. The molecular formula is C14H17N3O2. The molecular weight excluding hydrogens is 242 g/mol. The van der Waals surface area contributed by atoms with Gasteiger partial charge in [-0.3, -0.25) is 9.59 Å². The van der Waals surface area contributed by atoms with Gasteiger partial charge in [0.1, 0.15) is 6.04 Å². The molecule has 0 aromatic heterocycles. The molecule has 0 spiro atoms. The smallest absolute Gasteiger partial charge is 0.221 e. The maximum atomic E-state index is 11.1. The number of hydrogen-bond acceptors (Lipinski definition) is 4. The van der Waals surface area contributed by atoms with Crippen molar-refractivity contribution in [1.82, 2.24) is 0 Å². The Morgan fingerprint density at radius 2 is 2.26 bits per heavy atom. The molecule has 1 rings (SSSR count). The van der Waals surface area contributed by atoms with Crippen molar-refractivity contribution in [3.8, 4) is 6.07 Å². The summed E-state index contributed by atoms with van der Waals surface area (Å²) in [6.07, 6.45) is 0.694. The summed E-state index contributed by atoms with van der Waals surface area (Å²) in [6, 6.07) is 7.01. The van der Waals surface area contributed by atoms with E-state index in [-0.39, 0.29) is 11.9 Å². The van der Waals surface area contributed by atoms with Gasteiger partial charge in [0.2, 0.25) is 5.91 Å². The number of rotatable bonds is 5. The van der Waals surface area contributed by atoms with Crippen LogP contribution in [-0.4, -0.2) is 24.8 Å². The van der Waals surface area contributed by atoms with Gasteiger partial charge >= 0.3 is 0 Å². The number of carbonyl (C=O) groups excluding carboxylic acids is 2. The van der Waals surface area contributed by atoms with Crippen molar-refractivity contribution in [2.24, 2.45) is 0 Å². The van der Waals surface area contributed by atoms with E-state index in [1.165, 1.54) is 6.92 Å². The molecule has 1 amide bonds. The standard InChI is InChI=1S/C14H17N3O2/c1-4-17(10(2)8-15)13-6-5-12(9-18)14(7-13)16-11(3)19/h5-7,9-10H,4H2,1-3H3,(H,16,19). The fourth-order valence-corrected chi connectivity index (χ4v) is 1.87. The zero-order chi connectivity index (χ0) is 14.4. The Morgan fingerprint density at radius 1 is 1.58 bits per heavy atom. The molecule has 0 bridgehead atoms. The predicted octanol–water partition coefficient (Wildman–Crippen LogP) is 2.20. The van der Waals surface area contributed by atoms with Crippen LogP contribution in [0.15, 0.2) is 18.2 Å². The molecule has 1 unspecified atom stereocenters. The van der Waals surface area contributed by atoms with Crippen molar-refractivity contribution in [2.75, 3.05) is 16.8 Å². The van der Waals surface area contributed by atoms with Gasteiger partial charge in [0.25, 0.3) is 0 Å². The molecule has 1 N–H and O–H groups in total. The molecule has 1 aromatic carbocycles. The molecule has 0 aliphatic carbocycles. The van der Waals surface area contributed by atoms with Crippen LogP contribution in [0.25, 0.3) is 0 Å². The number of amides is 1. The zero-order valence-electron chi connectivity index (χ0n) is 11.3.